The summed E-state index contributed by atoms with van der Waals surface area (Å²) in [6.07, 6.45) is 3.56. The molecule has 3 rings (SSSR count). The van der Waals surface area contributed by atoms with E-state index in [1.807, 2.05) is 19.1 Å². The Morgan fingerprint density at radius 1 is 1.15 bits per heavy atom. The maximum atomic E-state index is 5.38. The topological polar surface area (TPSA) is 56.3 Å². The van der Waals surface area contributed by atoms with Gasteiger partial charge in [0.1, 0.15) is 0 Å². The van der Waals surface area contributed by atoms with E-state index >= 15 is 0 Å². The summed E-state index contributed by atoms with van der Waals surface area (Å²) in [6, 6.07) is 3.92. The predicted octanol–water partition coefficient (Wildman–Crippen LogP) is 2.57. The molecule has 104 valence electrons. The highest BCUT2D eigenvalue weighted by atomic mass is 79.9. The molecule has 5 nitrogen and oxygen atoms in total. The fraction of sp³-hybridized carbons (Fsp3) is 0.286. The smallest absolute Gasteiger partial charge is 0.231 e. The number of fused-ring (bicyclic) bond motifs is 1. The fourth-order valence-electron chi connectivity index (χ4n) is 1.93. The van der Waals surface area contributed by atoms with Crippen LogP contribution in [0.3, 0.4) is 0 Å². The molecule has 1 aromatic carbocycles. The minimum atomic E-state index is 0.289. The molecule has 1 aliphatic heterocycles. The van der Waals surface area contributed by atoms with Crippen molar-refractivity contribution in [1.29, 1.82) is 0 Å². The van der Waals surface area contributed by atoms with Crippen molar-refractivity contribution in [3.63, 3.8) is 0 Å². The largest absolute Gasteiger partial charge is 0.454 e. The number of benzene rings is 1. The van der Waals surface area contributed by atoms with Gasteiger partial charge < -0.3 is 14.8 Å². The minimum Gasteiger partial charge on any atom is -0.454 e. The van der Waals surface area contributed by atoms with Crippen LogP contribution in [0.4, 0.5) is 0 Å². The van der Waals surface area contributed by atoms with E-state index in [0.29, 0.717) is 13.1 Å². The number of hydrogen-bond donors (Lipinski definition) is 1. The molecule has 0 radical (unpaired) electrons. The van der Waals surface area contributed by atoms with Gasteiger partial charge >= 0.3 is 0 Å². The lowest BCUT2D eigenvalue weighted by molar-refractivity contribution is 0.174. The third kappa shape index (κ3) is 2.91. The zero-order chi connectivity index (χ0) is 13.9. The lowest BCUT2D eigenvalue weighted by Crippen LogP contribution is -2.14. The fourth-order valence-corrected chi connectivity index (χ4v) is 2.39. The summed E-state index contributed by atoms with van der Waals surface area (Å²) in [7, 11) is 0. The number of nitrogens with zero attached hydrogens (tertiary/aromatic N) is 2. The molecule has 2 heterocycles. The van der Waals surface area contributed by atoms with Crippen molar-refractivity contribution in [3.8, 4) is 11.5 Å². The first kappa shape index (κ1) is 13.3. The van der Waals surface area contributed by atoms with Crippen molar-refractivity contribution in [2.45, 2.75) is 20.0 Å². The van der Waals surface area contributed by atoms with Gasteiger partial charge in [0.15, 0.2) is 11.5 Å². The Morgan fingerprint density at radius 2 is 1.95 bits per heavy atom. The van der Waals surface area contributed by atoms with Gasteiger partial charge in [0.05, 0.1) is 11.4 Å². The zero-order valence-electron chi connectivity index (χ0n) is 11.0. The van der Waals surface area contributed by atoms with Crippen LogP contribution < -0.4 is 14.8 Å². The van der Waals surface area contributed by atoms with Crippen molar-refractivity contribution in [2.75, 3.05) is 6.79 Å². The molecule has 6 heteroatoms. The molecule has 0 amide bonds. The Kier molecular flexibility index (Phi) is 3.84. The molecule has 20 heavy (non-hydrogen) atoms. The number of hydrogen-bond acceptors (Lipinski definition) is 5. The minimum absolute atomic E-state index is 0.289. The Balaban J connectivity index is 1.62. The van der Waals surface area contributed by atoms with E-state index in [9.17, 15) is 0 Å². The van der Waals surface area contributed by atoms with Gasteiger partial charge in [0, 0.05) is 30.0 Å². The van der Waals surface area contributed by atoms with Crippen LogP contribution in [0, 0.1) is 6.92 Å². The number of ether oxygens (including phenoxy) is 2. The number of nitrogens with one attached hydrogen (secondary N) is 1. The van der Waals surface area contributed by atoms with Gasteiger partial charge in [-0.05, 0) is 24.6 Å². The van der Waals surface area contributed by atoms with E-state index in [0.717, 1.165) is 32.9 Å². The molecule has 0 spiro atoms. The molecular weight excluding hydrogens is 322 g/mol. The summed E-state index contributed by atoms with van der Waals surface area (Å²) >= 11 is 3.54. The molecule has 0 bridgehead atoms. The average Bonchev–Trinajstić information content (AvgIpc) is 2.88. The summed E-state index contributed by atoms with van der Waals surface area (Å²) in [5.41, 5.74) is 2.97. The highest BCUT2D eigenvalue weighted by molar-refractivity contribution is 9.10. The first-order chi connectivity index (χ1) is 9.72. The number of aromatic nitrogens is 2. The van der Waals surface area contributed by atoms with E-state index in [2.05, 4.69) is 31.2 Å². The second-order valence-electron chi connectivity index (χ2n) is 4.55. The Bertz CT molecular complexity index is 617. The van der Waals surface area contributed by atoms with Gasteiger partial charge in [0.2, 0.25) is 6.79 Å². The van der Waals surface area contributed by atoms with Crippen LogP contribution in [0.15, 0.2) is 29.0 Å². The van der Waals surface area contributed by atoms with Gasteiger partial charge in [-0.25, -0.2) is 0 Å². The summed E-state index contributed by atoms with van der Waals surface area (Å²) in [6.45, 7) is 3.60. The van der Waals surface area contributed by atoms with Crippen molar-refractivity contribution < 1.29 is 9.47 Å². The predicted molar refractivity (Wildman–Crippen MR) is 77.6 cm³/mol. The van der Waals surface area contributed by atoms with E-state index in [4.69, 9.17) is 9.47 Å². The molecule has 0 saturated heterocycles. The molecule has 0 atom stereocenters. The Labute approximate surface area is 125 Å². The van der Waals surface area contributed by atoms with Crippen LogP contribution in [0.1, 0.15) is 17.0 Å². The number of aryl methyl sites for hydroxylation is 1. The summed E-state index contributed by atoms with van der Waals surface area (Å²) < 4.78 is 11.7. The van der Waals surface area contributed by atoms with E-state index in [1.165, 1.54) is 0 Å². The first-order valence-corrected chi connectivity index (χ1v) is 7.08. The second kappa shape index (κ2) is 5.76. The summed E-state index contributed by atoms with van der Waals surface area (Å²) in [5.74, 6) is 1.57. The summed E-state index contributed by atoms with van der Waals surface area (Å²) in [5, 5.41) is 3.34. The van der Waals surface area contributed by atoms with Crippen LogP contribution >= 0.6 is 15.9 Å². The molecule has 0 fully saturated rings. The number of halogens is 1. The molecular formula is C14H14BrN3O2. The van der Waals surface area contributed by atoms with Gasteiger partial charge in [0.25, 0.3) is 0 Å². The highest BCUT2D eigenvalue weighted by Gasteiger charge is 2.15. The van der Waals surface area contributed by atoms with E-state index in [1.54, 1.807) is 12.4 Å². The molecule has 0 unspecified atom stereocenters. The Hall–Kier alpha value is -1.66. The SMILES string of the molecule is Cc1cnc(CNCc2cc3c(cc2Br)OCO3)cn1. The van der Waals surface area contributed by atoms with Crippen molar-refractivity contribution in [2.24, 2.45) is 0 Å². The van der Waals surface area contributed by atoms with Gasteiger partial charge in [-0.2, -0.15) is 0 Å². The third-order valence-electron chi connectivity index (χ3n) is 3.00. The van der Waals surface area contributed by atoms with Crippen LogP contribution in [0.5, 0.6) is 11.5 Å². The first-order valence-electron chi connectivity index (χ1n) is 6.28. The zero-order valence-corrected chi connectivity index (χ0v) is 12.6. The second-order valence-corrected chi connectivity index (χ2v) is 5.40. The molecule has 1 aromatic heterocycles. The lowest BCUT2D eigenvalue weighted by Gasteiger charge is -2.08. The molecule has 0 saturated carbocycles. The lowest BCUT2D eigenvalue weighted by atomic mass is 10.2. The van der Waals surface area contributed by atoms with Gasteiger partial charge in [-0.1, -0.05) is 15.9 Å². The van der Waals surface area contributed by atoms with Gasteiger partial charge in [-0.15, -0.1) is 0 Å². The van der Waals surface area contributed by atoms with Crippen molar-refractivity contribution >= 4 is 15.9 Å². The molecule has 1 N–H and O–H groups in total. The Morgan fingerprint density at radius 3 is 2.70 bits per heavy atom. The molecule has 2 aromatic rings. The third-order valence-corrected chi connectivity index (χ3v) is 3.74. The summed E-state index contributed by atoms with van der Waals surface area (Å²) in [4.78, 5) is 8.53. The average molecular weight is 336 g/mol. The normalized spacial score (nSPS) is 12.7. The monoisotopic (exact) mass is 335 g/mol. The quantitative estimate of drug-likeness (QED) is 0.930. The van der Waals surface area contributed by atoms with Crippen molar-refractivity contribution in [3.05, 3.63) is 46.0 Å². The van der Waals surface area contributed by atoms with E-state index < -0.39 is 0 Å². The van der Waals surface area contributed by atoms with Crippen LogP contribution in [0.25, 0.3) is 0 Å². The van der Waals surface area contributed by atoms with E-state index in [-0.39, 0.29) is 6.79 Å². The maximum absolute atomic E-state index is 5.38. The van der Waals surface area contributed by atoms with Crippen LogP contribution in [0.2, 0.25) is 0 Å². The number of rotatable bonds is 4. The molecule has 1 aliphatic rings. The van der Waals surface area contributed by atoms with Crippen LogP contribution in [-0.4, -0.2) is 16.8 Å². The van der Waals surface area contributed by atoms with Crippen molar-refractivity contribution in [1.82, 2.24) is 15.3 Å². The molecule has 0 aliphatic carbocycles. The standard InChI is InChI=1S/C14H14BrN3O2/c1-9-4-18-11(7-17-9)6-16-5-10-2-13-14(3-12(10)15)20-8-19-13/h2-4,7,16H,5-6,8H2,1H3. The maximum Gasteiger partial charge on any atom is 0.231 e. The highest BCUT2D eigenvalue weighted by Crippen LogP contribution is 2.36. The van der Waals surface area contributed by atoms with Crippen LogP contribution in [-0.2, 0) is 13.1 Å². The van der Waals surface area contributed by atoms with Gasteiger partial charge in [-0.3, -0.25) is 9.97 Å².